The second-order valence-electron chi connectivity index (χ2n) is 4.97. The van der Waals surface area contributed by atoms with E-state index in [-0.39, 0.29) is 12.5 Å². The minimum Gasteiger partial charge on any atom is -0.366 e. The zero-order valence-corrected chi connectivity index (χ0v) is 11.9. The molecule has 4 N–H and O–H groups in total. The molecule has 2 amide bonds. The first-order chi connectivity index (χ1) is 9.56. The van der Waals surface area contributed by atoms with Crippen LogP contribution in [0.5, 0.6) is 0 Å². The van der Waals surface area contributed by atoms with Crippen LogP contribution in [0, 0.1) is 0 Å². The fourth-order valence-corrected chi connectivity index (χ4v) is 2.50. The molecule has 20 heavy (non-hydrogen) atoms. The van der Waals surface area contributed by atoms with Gasteiger partial charge >= 0.3 is 0 Å². The van der Waals surface area contributed by atoms with Crippen molar-refractivity contribution in [3.05, 3.63) is 28.8 Å². The van der Waals surface area contributed by atoms with Gasteiger partial charge in [0.05, 0.1) is 17.3 Å². The van der Waals surface area contributed by atoms with Gasteiger partial charge in [0, 0.05) is 11.6 Å². The molecule has 5 nitrogen and oxygen atoms in total. The number of benzene rings is 1. The first-order valence-electron chi connectivity index (χ1n) is 6.69. The van der Waals surface area contributed by atoms with Crippen LogP contribution in [-0.4, -0.2) is 24.4 Å². The number of amides is 2. The second-order valence-corrected chi connectivity index (χ2v) is 5.38. The molecule has 0 saturated heterocycles. The summed E-state index contributed by atoms with van der Waals surface area (Å²) in [6, 6.07) is 4.98. The van der Waals surface area contributed by atoms with Crippen molar-refractivity contribution in [3.63, 3.8) is 0 Å². The smallest absolute Gasteiger partial charge is 0.248 e. The Morgan fingerprint density at radius 3 is 2.65 bits per heavy atom. The van der Waals surface area contributed by atoms with Crippen molar-refractivity contribution in [2.45, 2.75) is 31.7 Å². The maximum absolute atomic E-state index is 11.9. The zero-order valence-electron chi connectivity index (χ0n) is 11.1. The Labute approximate surface area is 122 Å². The van der Waals surface area contributed by atoms with E-state index in [4.69, 9.17) is 17.3 Å². The summed E-state index contributed by atoms with van der Waals surface area (Å²) >= 11 is 5.99. The van der Waals surface area contributed by atoms with Crippen molar-refractivity contribution >= 4 is 29.1 Å². The molecule has 0 atom stereocenters. The minimum absolute atomic E-state index is 0.180. The number of carbonyl (C=O) groups excluding carboxylic acids is 2. The van der Waals surface area contributed by atoms with Crippen LogP contribution >= 0.6 is 11.6 Å². The summed E-state index contributed by atoms with van der Waals surface area (Å²) in [6.07, 6.45) is 4.66. The van der Waals surface area contributed by atoms with E-state index in [9.17, 15) is 9.59 Å². The molecule has 2 rings (SSSR count). The van der Waals surface area contributed by atoms with E-state index in [2.05, 4.69) is 10.6 Å². The number of hydrogen-bond acceptors (Lipinski definition) is 3. The Bertz CT molecular complexity index is 513. The van der Waals surface area contributed by atoms with Crippen LogP contribution < -0.4 is 16.4 Å². The van der Waals surface area contributed by atoms with E-state index in [1.165, 1.54) is 25.0 Å². The van der Waals surface area contributed by atoms with Gasteiger partial charge in [-0.2, -0.15) is 0 Å². The topological polar surface area (TPSA) is 84.2 Å². The molecule has 1 saturated carbocycles. The highest BCUT2D eigenvalue weighted by Crippen LogP contribution is 2.23. The number of carbonyl (C=O) groups is 2. The average molecular weight is 296 g/mol. The highest BCUT2D eigenvalue weighted by Gasteiger charge is 2.16. The van der Waals surface area contributed by atoms with Gasteiger partial charge < -0.3 is 16.4 Å². The molecule has 0 aliphatic heterocycles. The quantitative estimate of drug-likeness (QED) is 0.776. The lowest BCUT2D eigenvalue weighted by molar-refractivity contribution is -0.115. The molecule has 1 aromatic rings. The van der Waals surface area contributed by atoms with Crippen LogP contribution in [0.15, 0.2) is 18.2 Å². The summed E-state index contributed by atoms with van der Waals surface area (Å²) < 4.78 is 0. The van der Waals surface area contributed by atoms with Crippen LogP contribution in [0.3, 0.4) is 0 Å². The summed E-state index contributed by atoms with van der Waals surface area (Å²) in [4.78, 5) is 23.0. The Kier molecular flexibility index (Phi) is 4.98. The van der Waals surface area contributed by atoms with Gasteiger partial charge in [-0.05, 0) is 31.0 Å². The molecule has 108 valence electrons. The molecule has 0 heterocycles. The Hall–Kier alpha value is -1.59. The molecule has 0 bridgehead atoms. The molecule has 0 radical (unpaired) electrons. The van der Waals surface area contributed by atoms with Crippen molar-refractivity contribution in [2.24, 2.45) is 5.73 Å². The van der Waals surface area contributed by atoms with Gasteiger partial charge in [0.1, 0.15) is 0 Å². The van der Waals surface area contributed by atoms with E-state index < -0.39 is 5.91 Å². The predicted octanol–water partition coefficient (Wildman–Crippen LogP) is 1.91. The summed E-state index contributed by atoms with van der Waals surface area (Å²) in [5.74, 6) is -0.735. The molecule has 0 unspecified atom stereocenters. The van der Waals surface area contributed by atoms with Crippen LogP contribution in [0.2, 0.25) is 5.02 Å². The highest BCUT2D eigenvalue weighted by atomic mass is 35.5. The molecule has 1 aromatic carbocycles. The number of primary amides is 1. The Morgan fingerprint density at radius 1 is 1.30 bits per heavy atom. The molecule has 0 aromatic heterocycles. The molecular formula is C14H18ClN3O2. The number of rotatable bonds is 5. The van der Waals surface area contributed by atoms with Crippen molar-refractivity contribution in [2.75, 3.05) is 11.9 Å². The third-order valence-electron chi connectivity index (χ3n) is 3.43. The predicted molar refractivity (Wildman–Crippen MR) is 78.9 cm³/mol. The molecule has 0 spiro atoms. The number of hydrogen-bond donors (Lipinski definition) is 3. The lowest BCUT2D eigenvalue weighted by Gasteiger charge is -2.12. The molecule has 6 heteroatoms. The normalized spacial score (nSPS) is 15.2. The first-order valence-corrected chi connectivity index (χ1v) is 7.06. The number of halogens is 1. The van der Waals surface area contributed by atoms with Gasteiger partial charge in [0.15, 0.2) is 0 Å². The Balaban J connectivity index is 1.92. The van der Waals surface area contributed by atoms with Gasteiger partial charge in [0.25, 0.3) is 0 Å². The van der Waals surface area contributed by atoms with Gasteiger partial charge in [-0.15, -0.1) is 0 Å². The molecule has 1 aliphatic rings. The van der Waals surface area contributed by atoms with Gasteiger partial charge in [-0.1, -0.05) is 24.4 Å². The average Bonchev–Trinajstić information content (AvgIpc) is 2.92. The second kappa shape index (κ2) is 6.72. The van der Waals surface area contributed by atoms with Gasteiger partial charge in [0.2, 0.25) is 11.8 Å². The first kappa shape index (κ1) is 14.8. The largest absolute Gasteiger partial charge is 0.366 e. The maximum Gasteiger partial charge on any atom is 0.248 e. The third kappa shape index (κ3) is 3.95. The highest BCUT2D eigenvalue weighted by molar-refractivity contribution is 6.33. The standard InChI is InChI=1S/C14H18ClN3O2/c15-11-6-5-9(14(16)20)7-12(11)18-13(19)8-17-10-3-1-2-4-10/h5-7,10,17H,1-4,8H2,(H2,16,20)(H,18,19). The lowest BCUT2D eigenvalue weighted by atomic mass is 10.2. The Morgan fingerprint density at radius 2 is 2.00 bits per heavy atom. The van der Waals surface area contributed by atoms with Crippen LogP contribution in [0.1, 0.15) is 36.0 Å². The van der Waals surface area contributed by atoms with Crippen molar-refractivity contribution in [1.82, 2.24) is 5.32 Å². The summed E-state index contributed by atoms with van der Waals surface area (Å²) in [5, 5.41) is 6.28. The summed E-state index contributed by atoms with van der Waals surface area (Å²) in [6.45, 7) is 0.238. The third-order valence-corrected chi connectivity index (χ3v) is 3.76. The zero-order chi connectivity index (χ0) is 14.5. The fraction of sp³-hybridized carbons (Fsp3) is 0.429. The van der Waals surface area contributed by atoms with Crippen molar-refractivity contribution in [1.29, 1.82) is 0 Å². The van der Waals surface area contributed by atoms with Gasteiger partial charge in [-0.25, -0.2) is 0 Å². The van der Waals surface area contributed by atoms with E-state index in [1.807, 2.05) is 0 Å². The number of nitrogens with one attached hydrogen (secondary N) is 2. The molecular weight excluding hydrogens is 278 g/mol. The molecule has 1 fully saturated rings. The summed E-state index contributed by atoms with van der Waals surface area (Å²) in [5.41, 5.74) is 5.92. The monoisotopic (exact) mass is 295 g/mol. The van der Waals surface area contributed by atoms with Crippen molar-refractivity contribution in [3.8, 4) is 0 Å². The number of anilines is 1. The van der Waals surface area contributed by atoms with Crippen LogP contribution in [-0.2, 0) is 4.79 Å². The van der Waals surface area contributed by atoms with Crippen molar-refractivity contribution < 1.29 is 9.59 Å². The summed E-state index contributed by atoms with van der Waals surface area (Å²) in [7, 11) is 0. The van der Waals surface area contributed by atoms with E-state index >= 15 is 0 Å². The SMILES string of the molecule is NC(=O)c1ccc(Cl)c(NC(=O)CNC2CCCC2)c1. The van der Waals surface area contributed by atoms with Gasteiger partial charge in [-0.3, -0.25) is 9.59 Å². The maximum atomic E-state index is 11.9. The fourth-order valence-electron chi connectivity index (χ4n) is 2.34. The minimum atomic E-state index is -0.554. The molecule has 1 aliphatic carbocycles. The van der Waals surface area contributed by atoms with Crippen LogP contribution in [0.25, 0.3) is 0 Å². The van der Waals surface area contributed by atoms with E-state index in [0.717, 1.165) is 12.8 Å². The van der Waals surface area contributed by atoms with E-state index in [1.54, 1.807) is 6.07 Å². The van der Waals surface area contributed by atoms with Crippen LogP contribution in [0.4, 0.5) is 5.69 Å². The lowest BCUT2D eigenvalue weighted by Crippen LogP contribution is -2.34. The number of nitrogens with two attached hydrogens (primary N) is 1. The van der Waals surface area contributed by atoms with E-state index in [0.29, 0.717) is 22.3 Å².